The molecule has 0 N–H and O–H groups in total. The lowest BCUT2D eigenvalue weighted by atomic mass is 10.1. The van der Waals surface area contributed by atoms with Crippen molar-refractivity contribution in [2.45, 2.75) is 13.3 Å². The summed E-state index contributed by atoms with van der Waals surface area (Å²) >= 11 is 1.03. The van der Waals surface area contributed by atoms with Crippen molar-refractivity contribution in [1.29, 1.82) is 0 Å². The van der Waals surface area contributed by atoms with Gasteiger partial charge in [0.05, 0.1) is 6.61 Å². The Bertz CT molecular complexity index is 583. The number of ether oxygens (including phenoxy) is 1. The van der Waals surface area contributed by atoms with Crippen LogP contribution in [0.2, 0.25) is 0 Å². The van der Waals surface area contributed by atoms with E-state index in [0.717, 1.165) is 23.5 Å². The molecule has 0 spiro atoms. The van der Waals surface area contributed by atoms with Gasteiger partial charge in [0, 0.05) is 18.0 Å². The van der Waals surface area contributed by atoms with Crippen LogP contribution in [-0.2, 0) is 4.74 Å². The van der Waals surface area contributed by atoms with Crippen molar-refractivity contribution in [2.75, 3.05) is 6.61 Å². The van der Waals surface area contributed by atoms with E-state index in [1.165, 1.54) is 0 Å². The highest BCUT2D eigenvalue weighted by molar-refractivity contribution is 7.08. The molecule has 0 amide bonds. The Hall–Kier alpha value is -2.08. The third kappa shape index (κ3) is 3.48. The molecule has 5 nitrogen and oxygen atoms in total. The average Bonchev–Trinajstić information content (AvgIpc) is 2.97. The smallest absolute Gasteiger partial charge is 0.352 e. The van der Waals surface area contributed by atoms with Crippen LogP contribution < -0.4 is 0 Å². The Morgan fingerprint density at radius 3 is 3.15 bits per heavy atom. The summed E-state index contributed by atoms with van der Waals surface area (Å²) < 4.78 is 9.07. The Kier molecular flexibility index (Phi) is 4.95. The van der Waals surface area contributed by atoms with Crippen LogP contribution >= 0.6 is 11.5 Å². The number of hydrogen-bond donors (Lipinski definition) is 0. The number of pyridine rings is 1. The van der Waals surface area contributed by atoms with Crippen LogP contribution in [0.1, 0.15) is 23.0 Å². The van der Waals surface area contributed by atoms with Gasteiger partial charge in [-0.1, -0.05) is 17.5 Å². The summed E-state index contributed by atoms with van der Waals surface area (Å²) in [5.41, 5.74) is 1.28. The van der Waals surface area contributed by atoms with Crippen LogP contribution in [0.15, 0.2) is 37.2 Å². The van der Waals surface area contributed by atoms with E-state index in [1.54, 1.807) is 18.5 Å². The minimum Gasteiger partial charge on any atom is -0.461 e. The minimum atomic E-state index is -0.393. The monoisotopic (exact) mass is 289 g/mol. The van der Waals surface area contributed by atoms with E-state index in [0.29, 0.717) is 23.1 Å². The number of carbonyl (C=O) groups is 1. The molecule has 0 unspecified atom stereocenters. The summed E-state index contributed by atoms with van der Waals surface area (Å²) in [6.45, 7) is 6.08. The van der Waals surface area contributed by atoms with Crippen molar-refractivity contribution in [3.8, 4) is 11.3 Å². The molecule has 2 aromatic heterocycles. The van der Waals surface area contributed by atoms with Crippen molar-refractivity contribution in [1.82, 2.24) is 14.6 Å². The van der Waals surface area contributed by atoms with Gasteiger partial charge in [-0.25, -0.2) is 4.79 Å². The first-order valence-corrected chi connectivity index (χ1v) is 7.02. The second kappa shape index (κ2) is 6.91. The average molecular weight is 289 g/mol. The lowest BCUT2D eigenvalue weighted by Gasteiger charge is -2.06. The van der Waals surface area contributed by atoms with E-state index in [1.807, 2.05) is 19.1 Å². The zero-order valence-electron chi connectivity index (χ0n) is 11.2. The molecule has 0 radical (unpaired) electrons. The molecule has 0 saturated carbocycles. The fourth-order valence-corrected chi connectivity index (χ4v) is 2.12. The molecule has 0 bridgehead atoms. The molecule has 2 heterocycles. The normalized spacial score (nSPS) is 11.8. The number of rotatable bonds is 6. The Morgan fingerprint density at radius 1 is 1.60 bits per heavy atom. The maximum absolute atomic E-state index is 12.0. The van der Waals surface area contributed by atoms with Gasteiger partial charge in [0.15, 0.2) is 4.88 Å². The van der Waals surface area contributed by atoms with E-state index in [4.69, 9.17) is 4.74 Å². The van der Waals surface area contributed by atoms with Crippen LogP contribution in [0, 0.1) is 5.92 Å². The molecule has 0 aliphatic carbocycles. The predicted octanol–water partition coefficient (Wildman–Crippen LogP) is 2.97. The Labute approximate surface area is 121 Å². The van der Waals surface area contributed by atoms with Gasteiger partial charge in [-0.15, -0.1) is 11.7 Å². The molecular formula is C14H15N3O2S. The largest absolute Gasteiger partial charge is 0.461 e. The number of hydrogen-bond acceptors (Lipinski definition) is 6. The fraction of sp³-hybridized carbons (Fsp3) is 0.286. The van der Waals surface area contributed by atoms with E-state index in [9.17, 15) is 4.79 Å². The summed E-state index contributed by atoms with van der Waals surface area (Å²) in [5, 5.41) is 3.98. The predicted molar refractivity (Wildman–Crippen MR) is 77.4 cm³/mol. The maximum atomic E-state index is 12.0. The van der Waals surface area contributed by atoms with Gasteiger partial charge in [-0.3, -0.25) is 4.98 Å². The van der Waals surface area contributed by atoms with Crippen LogP contribution in [0.5, 0.6) is 0 Å². The lowest BCUT2D eigenvalue weighted by molar-refractivity contribution is 0.0498. The summed E-state index contributed by atoms with van der Waals surface area (Å²) in [6, 6.07) is 3.62. The zero-order valence-corrected chi connectivity index (χ0v) is 12.0. The van der Waals surface area contributed by atoms with Gasteiger partial charge in [-0.05, 0) is 36.0 Å². The first-order valence-electron chi connectivity index (χ1n) is 6.24. The SMILES string of the molecule is C=C[C@H](C)CCOC(=O)c1snnc1-c1cccnc1. The number of allylic oxidation sites excluding steroid dienone is 1. The molecule has 104 valence electrons. The molecule has 0 aromatic carbocycles. The molecule has 0 aliphatic rings. The van der Waals surface area contributed by atoms with Crippen LogP contribution in [0.25, 0.3) is 11.3 Å². The van der Waals surface area contributed by atoms with Crippen LogP contribution in [0.3, 0.4) is 0 Å². The van der Waals surface area contributed by atoms with Crippen LogP contribution in [0.4, 0.5) is 0 Å². The van der Waals surface area contributed by atoms with Crippen molar-refractivity contribution in [3.05, 3.63) is 42.1 Å². The lowest BCUT2D eigenvalue weighted by Crippen LogP contribution is -2.08. The highest BCUT2D eigenvalue weighted by atomic mass is 32.1. The molecule has 6 heteroatoms. The van der Waals surface area contributed by atoms with Gasteiger partial charge < -0.3 is 4.74 Å². The number of aromatic nitrogens is 3. The summed E-state index contributed by atoms with van der Waals surface area (Å²) in [7, 11) is 0. The van der Waals surface area contributed by atoms with Gasteiger partial charge in [0.1, 0.15) is 5.69 Å². The quantitative estimate of drug-likeness (QED) is 0.604. The second-order valence-electron chi connectivity index (χ2n) is 4.33. The third-order valence-electron chi connectivity index (χ3n) is 2.82. The zero-order chi connectivity index (χ0) is 14.4. The van der Waals surface area contributed by atoms with E-state index in [-0.39, 0.29) is 0 Å². The first kappa shape index (κ1) is 14.3. The summed E-state index contributed by atoms with van der Waals surface area (Å²) in [5.74, 6) is -0.0738. The third-order valence-corrected chi connectivity index (χ3v) is 3.52. The molecule has 2 rings (SSSR count). The topological polar surface area (TPSA) is 65.0 Å². The molecule has 1 atom stereocenters. The van der Waals surface area contributed by atoms with Crippen molar-refractivity contribution >= 4 is 17.5 Å². The Morgan fingerprint density at radius 2 is 2.45 bits per heavy atom. The van der Waals surface area contributed by atoms with Crippen molar-refractivity contribution in [2.24, 2.45) is 5.92 Å². The summed E-state index contributed by atoms with van der Waals surface area (Å²) in [6.07, 6.45) is 5.90. The number of esters is 1. The van der Waals surface area contributed by atoms with Crippen molar-refractivity contribution in [3.63, 3.8) is 0 Å². The molecule has 0 aliphatic heterocycles. The molecular weight excluding hydrogens is 274 g/mol. The fourth-order valence-electron chi connectivity index (χ4n) is 1.54. The van der Waals surface area contributed by atoms with Gasteiger partial charge in [0.25, 0.3) is 0 Å². The number of nitrogens with zero attached hydrogens (tertiary/aromatic N) is 3. The first-order chi connectivity index (χ1) is 9.72. The second-order valence-corrected chi connectivity index (χ2v) is 5.08. The van der Waals surface area contributed by atoms with E-state index in [2.05, 4.69) is 21.1 Å². The van der Waals surface area contributed by atoms with Crippen molar-refractivity contribution < 1.29 is 9.53 Å². The van der Waals surface area contributed by atoms with E-state index >= 15 is 0 Å². The van der Waals surface area contributed by atoms with Crippen LogP contribution in [-0.4, -0.2) is 27.1 Å². The minimum absolute atomic E-state index is 0.320. The maximum Gasteiger partial charge on any atom is 0.352 e. The van der Waals surface area contributed by atoms with Gasteiger partial charge in [0.2, 0.25) is 0 Å². The number of carbonyl (C=O) groups excluding carboxylic acids is 1. The highest BCUT2D eigenvalue weighted by Gasteiger charge is 2.19. The highest BCUT2D eigenvalue weighted by Crippen LogP contribution is 2.23. The van der Waals surface area contributed by atoms with E-state index < -0.39 is 5.97 Å². The van der Waals surface area contributed by atoms with Gasteiger partial charge in [-0.2, -0.15) is 0 Å². The molecule has 0 saturated heterocycles. The molecule has 2 aromatic rings. The van der Waals surface area contributed by atoms with Gasteiger partial charge >= 0.3 is 5.97 Å². The summed E-state index contributed by atoms with van der Waals surface area (Å²) in [4.78, 5) is 16.4. The molecule has 20 heavy (non-hydrogen) atoms. The Balaban J connectivity index is 2.05. The standard InChI is InChI=1S/C14H15N3O2S/c1-3-10(2)6-8-19-14(18)13-12(16-17-20-13)11-5-4-7-15-9-11/h3-5,7,9-10H,1,6,8H2,2H3/t10-/m0/s1. The molecule has 0 fully saturated rings.